The maximum absolute atomic E-state index is 5.32. The number of aromatic amines is 1. The third-order valence-electron chi connectivity index (χ3n) is 3.71. The summed E-state index contributed by atoms with van der Waals surface area (Å²) in [7, 11) is 0. The molecule has 0 saturated carbocycles. The molecule has 0 amide bonds. The van der Waals surface area contributed by atoms with Crippen molar-refractivity contribution in [3.8, 4) is 11.5 Å². The molecule has 106 valence electrons. The summed E-state index contributed by atoms with van der Waals surface area (Å²) in [6, 6.07) is 5.83. The quantitative estimate of drug-likeness (QED) is 0.859. The molecule has 1 fully saturated rings. The zero-order valence-electron chi connectivity index (χ0n) is 11.5. The molecule has 0 bridgehead atoms. The van der Waals surface area contributed by atoms with E-state index in [9.17, 15) is 0 Å². The van der Waals surface area contributed by atoms with Crippen molar-refractivity contribution in [2.75, 3.05) is 19.6 Å². The van der Waals surface area contributed by atoms with Gasteiger partial charge in [-0.3, -0.25) is 14.6 Å². The highest BCUT2D eigenvalue weighted by molar-refractivity contribution is 7.71. The summed E-state index contributed by atoms with van der Waals surface area (Å²) in [4.78, 5) is 6.87. The van der Waals surface area contributed by atoms with Gasteiger partial charge in [-0.05, 0) is 63.2 Å². The van der Waals surface area contributed by atoms with Crippen LogP contribution in [0.5, 0.6) is 0 Å². The van der Waals surface area contributed by atoms with E-state index in [1.54, 1.807) is 6.20 Å². The van der Waals surface area contributed by atoms with Crippen LogP contribution in [0.4, 0.5) is 0 Å². The van der Waals surface area contributed by atoms with Crippen LogP contribution in [0.25, 0.3) is 11.5 Å². The lowest BCUT2D eigenvalue weighted by atomic mass is 10.3. The Bertz CT molecular complexity index is 598. The van der Waals surface area contributed by atoms with Crippen LogP contribution in [0, 0.1) is 4.77 Å². The highest BCUT2D eigenvalue weighted by atomic mass is 32.1. The molecular formula is C14H19N5S. The van der Waals surface area contributed by atoms with Crippen LogP contribution in [0.15, 0.2) is 24.4 Å². The summed E-state index contributed by atoms with van der Waals surface area (Å²) < 4.78 is 2.72. The second-order valence-corrected chi connectivity index (χ2v) is 5.51. The first-order valence-electron chi connectivity index (χ1n) is 7.13. The standard InChI is InChI=1S/C14H19N5S/c20-14-17-16-13(12-6-1-2-7-15-12)19(14)11-5-10-18-8-3-4-9-18/h1-2,6-7H,3-5,8-11H2,(H,17,20). The van der Waals surface area contributed by atoms with Gasteiger partial charge in [0.1, 0.15) is 5.69 Å². The molecule has 0 atom stereocenters. The third-order valence-corrected chi connectivity index (χ3v) is 4.02. The molecule has 2 aromatic heterocycles. The van der Waals surface area contributed by atoms with E-state index < -0.39 is 0 Å². The van der Waals surface area contributed by atoms with Crippen LogP contribution in [-0.2, 0) is 6.54 Å². The summed E-state index contributed by atoms with van der Waals surface area (Å²) in [6.45, 7) is 4.50. The normalized spacial score (nSPS) is 15.8. The van der Waals surface area contributed by atoms with Crippen LogP contribution in [0.2, 0.25) is 0 Å². The van der Waals surface area contributed by atoms with Gasteiger partial charge >= 0.3 is 0 Å². The molecule has 3 heterocycles. The molecule has 0 aliphatic carbocycles. The van der Waals surface area contributed by atoms with Gasteiger partial charge in [0.25, 0.3) is 0 Å². The number of rotatable bonds is 5. The zero-order chi connectivity index (χ0) is 13.8. The van der Waals surface area contributed by atoms with Gasteiger partial charge in [-0.15, -0.1) is 0 Å². The number of pyridine rings is 1. The van der Waals surface area contributed by atoms with Crippen molar-refractivity contribution in [1.82, 2.24) is 24.6 Å². The Labute approximate surface area is 123 Å². The molecule has 20 heavy (non-hydrogen) atoms. The van der Waals surface area contributed by atoms with E-state index in [2.05, 4.69) is 20.1 Å². The number of likely N-dealkylation sites (tertiary alicyclic amines) is 1. The third kappa shape index (κ3) is 2.96. The number of nitrogens with zero attached hydrogens (tertiary/aromatic N) is 4. The fourth-order valence-corrected chi connectivity index (χ4v) is 2.90. The lowest BCUT2D eigenvalue weighted by Gasteiger charge is -2.14. The summed E-state index contributed by atoms with van der Waals surface area (Å²) in [5.74, 6) is 0.831. The topological polar surface area (TPSA) is 49.7 Å². The van der Waals surface area contributed by atoms with Gasteiger partial charge < -0.3 is 4.90 Å². The van der Waals surface area contributed by atoms with Crippen molar-refractivity contribution in [3.05, 3.63) is 29.2 Å². The SMILES string of the molecule is S=c1[nH]nc(-c2ccccn2)n1CCCN1CCCC1. The lowest BCUT2D eigenvalue weighted by Crippen LogP contribution is -2.21. The second-order valence-electron chi connectivity index (χ2n) is 5.12. The van der Waals surface area contributed by atoms with Crippen LogP contribution in [0.3, 0.4) is 0 Å². The van der Waals surface area contributed by atoms with E-state index in [4.69, 9.17) is 12.2 Å². The maximum Gasteiger partial charge on any atom is 0.195 e. The van der Waals surface area contributed by atoms with E-state index in [1.807, 2.05) is 22.8 Å². The Hall–Kier alpha value is -1.53. The molecule has 0 unspecified atom stereocenters. The van der Waals surface area contributed by atoms with Gasteiger partial charge in [-0.1, -0.05) is 6.07 Å². The highest BCUT2D eigenvalue weighted by Gasteiger charge is 2.12. The Morgan fingerprint density at radius 1 is 1.20 bits per heavy atom. The summed E-state index contributed by atoms with van der Waals surface area (Å²) >= 11 is 5.32. The van der Waals surface area contributed by atoms with Crippen molar-refractivity contribution in [2.45, 2.75) is 25.8 Å². The maximum atomic E-state index is 5.32. The van der Waals surface area contributed by atoms with E-state index in [0.717, 1.165) is 31.0 Å². The molecule has 0 aromatic carbocycles. The van der Waals surface area contributed by atoms with Gasteiger partial charge in [-0.2, -0.15) is 5.10 Å². The van der Waals surface area contributed by atoms with E-state index in [-0.39, 0.29) is 0 Å². The van der Waals surface area contributed by atoms with Crippen molar-refractivity contribution in [3.63, 3.8) is 0 Å². The summed E-state index contributed by atoms with van der Waals surface area (Å²) in [5, 5.41) is 7.18. The lowest BCUT2D eigenvalue weighted by molar-refractivity contribution is 0.325. The van der Waals surface area contributed by atoms with Gasteiger partial charge in [0.2, 0.25) is 0 Å². The summed E-state index contributed by atoms with van der Waals surface area (Å²) in [6.07, 6.45) is 5.55. The van der Waals surface area contributed by atoms with Gasteiger partial charge in [0.05, 0.1) is 0 Å². The highest BCUT2D eigenvalue weighted by Crippen LogP contribution is 2.15. The molecule has 1 aliphatic rings. The molecule has 1 saturated heterocycles. The minimum absolute atomic E-state index is 0.673. The monoisotopic (exact) mass is 289 g/mol. The Kier molecular flexibility index (Phi) is 4.22. The number of hydrogen-bond donors (Lipinski definition) is 1. The van der Waals surface area contributed by atoms with E-state index in [1.165, 1.54) is 25.9 Å². The largest absolute Gasteiger partial charge is 0.303 e. The molecule has 1 aliphatic heterocycles. The average Bonchev–Trinajstić information content (AvgIpc) is 3.11. The smallest absolute Gasteiger partial charge is 0.195 e. The van der Waals surface area contributed by atoms with Gasteiger partial charge in [0.15, 0.2) is 10.6 Å². The fraction of sp³-hybridized carbons (Fsp3) is 0.500. The Balaban J connectivity index is 1.69. The molecule has 6 heteroatoms. The van der Waals surface area contributed by atoms with Crippen LogP contribution >= 0.6 is 12.2 Å². The average molecular weight is 289 g/mol. The Morgan fingerprint density at radius 3 is 2.80 bits per heavy atom. The number of nitrogens with one attached hydrogen (secondary N) is 1. The predicted molar refractivity (Wildman–Crippen MR) is 80.9 cm³/mol. The van der Waals surface area contributed by atoms with Crippen molar-refractivity contribution < 1.29 is 0 Å². The number of H-pyrrole nitrogens is 1. The molecular weight excluding hydrogens is 270 g/mol. The molecule has 3 rings (SSSR count). The van der Waals surface area contributed by atoms with E-state index >= 15 is 0 Å². The van der Waals surface area contributed by atoms with Gasteiger partial charge in [0, 0.05) is 12.7 Å². The van der Waals surface area contributed by atoms with Crippen molar-refractivity contribution in [1.29, 1.82) is 0 Å². The first-order valence-corrected chi connectivity index (χ1v) is 7.54. The first-order chi connectivity index (χ1) is 9.84. The van der Waals surface area contributed by atoms with Crippen LogP contribution in [-0.4, -0.2) is 44.3 Å². The fourth-order valence-electron chi connectivity index (χ4n) is 2.67. The molecule has 5 nitrogen and oxygen atoms in total. The van der Waals surface area contributed by atoms with Gasteiger partial charge in [-0.25, -0.2) is 0 Å². The number of aromatic nitrogens is 4. The predicted octanol–water partition coefficient (Wildman–Crippen LogP) is 2.49. The van der Waals surface area contributed by atoms with Crippen molar-refractivity contribution >= 4 is 12.2 Å². The minimum atomic E-state index is 0.673. The first kappa shape index (κ1) is 13.5. The second kappa shape index (κ2) is 6.28. The minimum Gasteiger partial charge on any atom is -0.303 e. The number of hydrogen-bond acceptors (Lipinski definition) is 4. The molecule has 0 spiro atoms. The van der Waals surface area contributed by atoms with Crippen molar-refractivity contribution in [2.24, 2.45) is 0 Å². The molecule has 0 radical (unpaired) electrons. The molecule has 2 aromatic rings. The summed E-state index contributed by atoms with van der Waals surface area (Å²) in [5.41, 5.74) is 0.862. The van der Waals surface area contributed by atoms with E-state index in [0.29, 0.717) is 4.77 Å². The van der Waals surface area contributed by atoms with Crippen LogP contribution in [0.1, 0.15) is 19.3 Å². The zero-order valence-corrected chi connectivity index (χ0v) is 12.3. The van der Waals surface area contributed by atoms with Crippen LogP contribution < -0.4 is 0 Å². The molecule has 1 N–H and O–H groups in total. The Morgan fingerprint density at radius 2 is 2.05 bits per heavy atom.